The first kappa shape index (κ1) is 16.8. The Morgan fingerprint density at radius 1 is 1.13 bits per heavy atom. The minimum atomic E-state index is -3.40. The van der Waals surface area contributed by atoms with Crippen molar-refractivity contribution in [3.05, 3.63) is 59.7 Å². The molecule has 0 aliphatic rings. The lowest BCUT2D eigenvalue weighted by Crippen LogP contribution is -2.11. The summed E-state index contributed by atoms with van der Waals surface area (Å²) in [6.45, 7) is 0.118. The van der Waals surface area contributed by atoms with Gasteiger partial charge in [0.2, 0.25) is 10.0 Å². The molecule has 0 heterocycles. The molecule has 2 rings (SSSR count). The number of carbonyl (C=O) groups is 1. The molecule has 0 fully saturated rings. The molecule has 0 amide bonds. The summed E-state index contributed by atoms with van der Waals surface area (Å²) in [5.41, 5.74) is 1.41. The molecule has 0 aliphatic carbocycles. The molecule has 0 unspecified atom stereocenters. The van der Waals surface area contributed by atoms with Crippen molar-refractivity contribution in [1.82, 2.24) is 0 Å². The first-order valence-corrected chi connectivity index (χ1v) is 8.64. The highest BCUT2D eigenvalue weighted by atomic mass is 32.2. The summed E-state index contributed by atoms with van der Waals surface area (Å²) < 4.78 is 35.0. The molecule has 122 valence electrons. The molecular weight excluding hydrogens is 318 g/mol. The van der Waals surface area contributed by atoms with E-state index in [9.17, 15) is 13.2 Å². The van der Waals surface area contributed by atoms with Gasteiger partial charge in [0.15, 0.2) is 0 Å². The highest BCUT2D eigenvalue weighted by molar-refractivity contribution is 7.92. The van der Waals surface area contributed by atoms with Gasteiger partial charge in [-0.1, -0.05) is 18.2 Å². The van der Waals surface area contributed by atoms with Gasteiger partial charge in [-0.15, -0.1) is 0 Å². The highest BCUT2D eigenvalue weighted by Crippen LogP contribution is 2.15. The molecule has 0 atom stereocenters. The smallest absolute Gasteiger partial charge is 0.338 e. The molecular formula is C16H17NO5S. The van der Waals surface area contributed by atoms with Crippen molar-refractivity contribution in [3.63, 3.8) is 0 Å². The number of hydrogen-bond acceptors (Lipinski definition) is 5. The summed E-state index contributed by atoms with van der Waals surface area (Å²) in [4.78, 5) is 12.0. The third-order valence-corrected chi connectivity index (χ3v) is 3.54. The summed E-state index contributed by atoms with van der Waals surface area (Å²) in [5.74, 6) is 0.192. The van der Waals surface area contributed by atoms with E-state index in [0.29, 0.717) is 5.69 Å². The van der Waals surface area contributed by atoms with Crippen LogP contribution in [0, 0.1) is 0 Å². The third kappa shape index (κ3) is 5.30. The molecule has 7 heteroatoms. The van der Waals surface area contributed by atoms with Crippen LogP contribution in [0.1, 0.15) is 15.9 Å². The zero-order valence-corrected chi connectivity index (χ0v) is 13.6. The van der Waals surface area contributed by atoms with Gasteiger partial charge in [0.05, 0.1) is 18.9 Å². The number of ether oxygens (including phenoxy) is 2. The first-order chi connectivity index (χ1) is 10.9. The van der Waals surface area contributed by atoms with Gasteiger partial charge >= 0.3 is 5.97 Å². The lowest BCUT2D eigenvalue weighted by molar-refractivity contribution is 0.0472. The van der Waals surface area contributed by atoms with Crippen LogP contribution in [0.4, 0.5) is 5.69 Å². The van der Waals surface area contributed by atoms with Crippen LogP contribution in [0.5, 0.6) is 5.75 Å². The van der Waals surface area contributed by atoms with Gasteiger partial charge in [-0.3, -0.25) is 4.72 Å². The molecule has 0 aliphatic heterocycles. The summed E-state index contributed by atoms with van der Waals surface area (Å²) in [5, 5.41) is 0. The molecule has 0 saturated heterocycles. The number of nitrogens with one attached hydrogen (secondary N) is 1. The van der Waals surface area contributed by atoms with Crippen molar-refractivity contribution < 1.29 is 22.7 Å². The largest absolute Gasteiger partial charge is 0.497 e. The third-order valence-electron chi connectivity index (χ3n) is 2.93. The van der Waals surface area contributed by atoms with Crippen molar-refractivity contribution in [2.45, 2.75) is 6.61 Å². The van der Waals surface area contributed by atoms with Crippen LogP contribution in [0.2, 0.25) is 0 Å². The second-order valence-electron chi connectivity index (χ2n) is 4.88. The Morgan fingerprint density at radius 3 is 2.43 bits per heavy atom. The van der Waals surface area contributed by atoms with Gasteiger partial charge < -0.3 is 9.47 Å². The molecule has 0 radical (unpaired) electrons. The van der Waals surface area contributed by atoms with Gasteiger partial charge in [0.25, 0.3) is 0 Å². The van der Waals surface area contributed by atoms with Crippen LogP contribution < -0.4 is 9.46 Å². The van der Waals surface area contributed by atoms with E-state index in [1.807, 2.05) is 0 Å². The second kappa shape index (κ2) is 7.15. The minimum absolute atomic E-state index is 0.118. The van der Waals surface area contributed by atoms with Crippen molar-refractivity contribution in [2.24, 2.45) is 0 Å². The van der Waals surface area contributed by atoms with Crippen LogP contribution >= 0.6 is 0 Å². The fourth-order valence-electron chi connectivity index (χ4n) is 1.88. The van der Waals surface area contributed by atoms with Crippen molar-refractivity contribution >= 4 is 21.7 Å². The molecule has 0 spiro atoms. The van der Waals surface area contributed by atoms with E-state index >= 15 is 0 Å². The van der Waals surface area contributed by atoms with Crippen molar-refractivity contribution in [3.8, 4) is 5.75 Å². The van der Waals surface area contributed by atoms with E-state index in [1.165, 1.54) is 6.07 Å². The molecule has 2 aromatic carbocycles. The predicted molar refractivity (Wildman–Crippen MR) is 87.0 cm³/mol. The van der Waals surface area contributed by atoms with Crippen LogP contribution in [0.25, 0.3) is 0 Å². The van der Waals surface area contributed by atoms with E-state index in [2.05, 4.69) is 4.72 Å². The summed E-state index contributed by atoms with van der Waals surface area (Å²) >= 11 is 0. The van der Waals surface area contributed by atoms with Crippen LogP contribution in [0.3, 0.4) is 0 Å². The second-order valence-corrected chi connectivity index (χ2v) is 6.63. The lowest BCUT2D eigenvalue weighted by atomic mass is 10.2. The number of carbonyl (C=O) groups excluding carboxylic acids is 1. The molecule has 6 nitrogen and oxygen atoms in total. The Kier molecular flexibility index (Phi) is 5.23. The number of rotatable bonds is 6. The molecule has 1 N–H and O–H groups in total. The van der Waals surface area contributed by atoms with Crippen molar-refractivity contribution in [2.75, 3.05) is 18.1 Å². The summed E-state index contributed by atoms with van der Waals surface area (Å²) in [7, 11) is -1.82. The zero-order valence-electron chi connectivity index (χ0n) is 12.8. The van der Waals surface area contributed by atoms with E-state index in [-0.39, 0.29) is 12.2 Å². The summed E-state index contributed by atoms with van der Waals surface area (Å²) in [6, 6.07) is 13.3. The highest BCUT2D eigenvalue weighted by Gasteiger charge is 2.10. The maximum atomic E-state index is 12.0. The van der Waals surface area contributed by atoms with E-state index < -0.39 is 16.0 Å². The molecule has 2 aromatic rings. The number of esters is 1. The fourth-order valence-corrected chi connectivity index (χ4v) is 2.43. The molecule has 23 heavy (non-hydrogen) atoms. The topological polar surface area (TPSA) is 81.7 Å². The molecule has 0 saturated carbocycles. The number of anilines is 1. The SMILES string of the molecule is COc1ccc(COC(=O)c2cccc(NS(C)(=O)=O)c2)cc1. The monoisotopic (exact) mass is 335 g/mol. The molecule has 0 bridgehead atoms. The summed E-state index contributed by atoms with van der Waals surface area (Å²) in [6.07, 6.45) is 1.04. The number of hydrogen-bond donors (Lipinski definition) is 1. The maximum Gasteiger partial charge on any atom is 0.338 e. The van der Waals surface area contributed by atoms with Crippen LogP contribution in [0.15, 0.2) is 48.5 Å². The normalized spacial score (nSPS) is 10.9. The average molecular weight is 335 g/mol. The van der Waals surface area contributed by atoms with Crippen LogP contribution in [-0.4, -0.2) is 27.8 Å². The van der Waals surface area contributed by atoms with Crippen molar-refractivity contribution in [1.29, 1.82) is 0 Å². The number of methoxy groups -OCH3 is 1. The fraction of sp³-hybridized carbons (Fsp3) is 0.188. The first-order valence-electron chi connectivity index (χ1n) is 6.75. The van der Waals surface area contributed by atoms with Gasteiger partial charge in [-0.2, -0.15) is 0 Å². The minimum Gasteiger partial charge on any atom is -0.497 e. The number of benzene rings is 2. The van der Waals surface area contributed by atoms with Gasteiger partial charge in [0, 0.05) is 5.69 Å². The number of sulfonamides is 1. The Labute approximate surface area is 135 Å². The van der Waals surface area contributed by atoms with Gasteiger partial charge in [0.1, 0.15) is 12.4 Å². The Balaban J connectivity index is 2.01. The van der Waals surface area contributed by atoms with E-state index in [4.69, 9.17) is 9.47 Å². The maximum absolute atomic E-state index is 12.0. The van der Waals surface area contributed by atoms with Gasteiger partial charge in [-0.05, 0) is 35.9 Å². The van der Waals surface area contributed by atoms with Gasteiger partial charge in [-0.25, -0.2) is 13.2 Å². The lowest BCUT2D eigenvalue weighted by Gasteiger charge is -2.08. The Hall–Kier alpha value is -2.54. The molecule has 0 aromatic heterocycles. The predicted octanol–water partition coefficient (Wildman–Crippen LogP) is 2.42. The van der Waals surface area contributed by atoms with E-state index in [0.717, 1.165) is 17.6 Å². The standard InChI is InChI=1S/C16H17NO5S/c1-21-15-8-6-12(7-9-15)11-22-16(18)13-4-3-5-14(10-13)17-23(2,19)20/h3-10,17H,11H2,1-2H3. The quantitative estimate of drug-likeness (QED) is 0.820. The van der Waals surface area contributed by atoms with E-state index in [1.54, 1.807) is 49.6 Å². The average Bonchev–Trinajstić information content (AvgIpc) is 2.51. The Morgan fingerprint density at radius 2 is 1.83 bits per heavy atom. The van der Waals surface area contributed by atoms with Crippen LogP contribution in [-0.2, 0) is 21.4 Å². The Bertz CT molecular complexity index is 784. The zero-order chi connectivity index (χ0) is 16.9.